The topological polar surface area (TPSA) is 89.4 Å². The van der Waals surface area contributed by atoms with Gasteiger partial charge in [-0.1, -0.05) is 0 Å². The lowest BCUT2D eigenvalue weighted by Gasteiger charge is -2.22. The molecule has 1 unspecified atom stereocenters. The standard InChI is InChI=1S/C14H12N5O2S/c15-12-7-13-17-14(11-4-2-6-21-11)16-9-19(13,18-12)22-8-10-3-1-5-20-10/h1-7,9H,8H2,(H2,15,18)/q+1. The van der Waals surface area contributed by atoms with Crippen LogP contribution in [0.3, 0.4) is 0 Å². The SMILES string of the molecule is NC1=N[N+]2(SCc3ccco3)C=NC(c3ccco3)=NC2=C1. The van der Waals surface area contributed by atoms with Gasteiger partial charge in [0.05, 0.1) is 18.6 Å². The third kappa shape index (κ3) is 2.18. The summed E-state index contributed by atoms with van der Waals surface area (Å²) in [4.78, 5) is 8.89. The molecule has 7 nitrogen and oxygen atoms in total. The maximum atomic E-state index is 5.86. The van der Waals surface area contributed by atoms with Crippen LogP contribution in [0.1, 0.15) is 11.5 Å². The average Bonchev–Trinajstić information content (AvgIpc) is 3.24. The van der Waals surface area contributed by atoms with Gasteiger partial charge in [0.2, 0.25) is 12.2 Å². The van der Waals surface area contributed by atoms with Crippen molar-refractivity contribution >= 4 is 30.0 Å². The molecule has 2 N–H and O–H groups in total. The zero-order chi connectivity index (χ0) is 15.0. The largest absolute Gasteiger partial charge is 0.468 e. The highest BCUT2D eigenvalue weighted by Gasteiger charge is 2.43. The Morgan fingerprint density at radius 1 is 1.18 bits per heavy atom. The summed E-state index contributed by atoms with van der Waals surface area (Å²) in [5, 5.41) is 4.43. The fourth-order valence-electron chi connectivity index (χ4n) is 2.15. The maximum Gasteiger partial charge on any atom is 0.278 e. The van der Waals surface area contributed by atoms with Crippen LogP contribution in [0.5, 0.6) is 0 Å². The summed E-state index contributed by atoms with van der Waals surface area (Å²) in [5.74, 6) is 3.70. The van der Waals surface area contributed by atoms with Crippen molar-refractivity contribution in [3.63, 3.8) is 0 Å². The second kappa shape index (κ2) is 5.00. The van der Waals surface area contributed by atoms with E-state index in [2.05, 4.69) is 15.1 Å². The van der Waals surface area contributed by atoms with E-state index in [1.807, 2.05) is 18.2 Å². The van der Waals surface area contributed by atoms with Gasteiger partial charge < -0.3 is 14.6 Å². The Hall–Kier alpha value is -2.58. The molecule has 4 rings (SSSR count). The molecule has 2 aliphatic heterocycles. The van der Waals surface area contributed by atoms with Gasteiger partial charge in [-0.25, -0.2) is 0 Å². The van der Waals surface area contributed by atoms with Gasteiger partial charge in [-0.05, 0) is 33.4 Å². The summed E-state index contributed by atoms with van der Waals surface area (Å²) in [7, 11) is 0. The van der Waals surface area contributed by atoms with Gasteiger partial charge in [-0.3, -0.25) is 0 Å². The summed E-state index contributed by atoms with van der Waals surface area (Å²) in [6, 6.07) is 7.37. The van der Waals surface area contributed by atoms with E-state index in [-0.39, 0.29) is 4.00 Å². The van der Waals surface area contributed by atoms with E-state index in [1.54, 1.807) is 31.0 Å². The maximum absolute atomic E-state index is 5.86. The van der Waals surface area contributed by atoms with Crippen LogP contribution >= 0.6 is 11.9 Å². The molecule has 4 heterocycles. The molecule has 8 heteroatoms. The van der Waals surface area contributed by atoms with Crippen molar-refractivity contribution in [2.45, 2.75) is 5.75 Å². The minimum absolute atomic E-state index is 0.0662. The van der Waals surface area contributed by atoms with Crippen molar-refractivity contribution in [2.75, 3.05) is 0 Å². The van der Waals surface area contributed by atoms with Crippen molar-refractivity contribution < 1.29 is 12.8 Å². The fraction of sp³-hybridized carbons (Fsp3) is 0.0714. The van der Waals surface area contributed by atoms with E-state index in [4.69, 9.17) is 14.6 Å². The number of hydrogen-bond donors (Lipinski definition) is 1. The third-order valence-corrected chi connectivity index (χ3v) is 4.32. The molecule has 0 radical (unpaired) electrons. The minimum Gasteiger partial charge on any atom is -0.468 e. The summed E-state index contributed by atoms with van der Waals surface area (Å²) in [5.41, 5.74) is 5.86. The Bertz CT molecular complexity index is 804. The predicted molar refractivity (Wildman–Crippen MR) is 83.7 cm³/mol. The van der Waals surface area contributed by atoms with Crippen LogP contribution in [0.2, 0.25) is 0 Å². The minimum atomic E-state index is 0.0662. The average molecular weight is 314 g/mol. The van der Waals surface area contributed by atoms with E-state index in [1.165, 1.54) is 11.9 Å². The first-order chi connectivity index (χ1) is 10.8. The summed E-state index contributed by atoms with van der Waals surface area (Å²) < 4.78 is 10.7. The van der Waals surface area contributed by atoms with Crippen LogP contribution in [0, 0.1) is 0 Å². The Morgan fingerprint density at radius 3 is 2.82 bits per heavy atom. The van der Waals surface area contributed by atoms with E-state index < -0.39 is 0 Å². The van der Waals surface area contributed by atoms with Crippen LogP contribution < -0.4 is 5.73 Å². The quantitative estimate of drug-likeness (QED) is 0.693. The van der Waals surface area contributed by atoms with E-state index in [0.29, 0.717) is 29.0 Å². The second-order valence-electron chi connectivity index (χ2n) is 4.66. The van der Waals surface area contributed by atoms with Gasteiger partial charge in [0.1, 0.15) is 23.5 Å². The molecular weight excluding hydrogens is 302 g/mol. The lowest BCUT2D eigenvalue weighted by atomic mass is 10.4. The van der Waals surface area contributed by atoms with E-state index in [0.717, 1.165) is 5.76 Å². The molecule has 0 saturated carbocycles. The Labute approximate surface area is 130 Å². The monoisotopic (exact) mass is 314 g/mol. The van der Waals surface area contributed by atoms with Crippen molar-refractivity contribution in [3.8, 4) is 0 Å². The van der Waals surface area contributed by atoms with Crippen LogP contribution in [0.25, 0.3) is 0 Å². The number of furan rings is 2. The highest BCUT2D eigenvalue weighted by molar-refractivity contribution is 7.93. The second-order valence-corrected chi connectivity index (χ2v) is 5.76. The number of nitrogens with two attached hydrogens (primary N) is 1. The molecule has 110 valence electrons. The van der Waals surface area contributed by atoms with Gasteiger partial charge in [-0.2, -0.15) is 9.98 Å². The smallest absolute Gasteiger partial charge is 0.278 e. The van der Waals surface area contributed by atoms with Crippen molar-refractivity contribution in [3.05, 3.63) is 60.2 Å². The lowest BCUT2D eigenvalue weighted by molar-refractivity contribution is -0.650. The number of quaternary nitrogens is 1. The fourth-order valence-corrected chi connectivity index (χ4v) is 3.13. The Kier molecular flexibility index (Phi) is 2.98. The highest BCUT2D eigenvalue weighted by Crippen LogP contribution is 2.38. The van der Waals surface area contributed by atoms with Gasteiger partial charge in [0, 0.05) is 0 Å². The molecule has 2 aromatic heterocycles. The van der Waals surface area contributed by atoms with Crippen LogP contribution in [-0.4, -0.2) is 22.0 Å². The van der Waals surface area contributed by atoms with Gasteiger partial charge in [0.25, 0.3) is 5.82 Å². The van der Waals surface area contributed by atoms with Gasteiger partial charge in [-0.15, -0.1) is 0 Å². The van der Waals surface area contributed by atoms with Crippen molar-refractivity contribution in [2.24, 2.45) is 20.8 Å². The lowest BCUT2D eigenvalue weighted by Crippen LogP contribution is -2.34. The number of aliphatic imine (C=N–C) groups is 2. The summed E-state index contributed by atoms with van der Waals surface area (Å²) >= 11 is 1.50. The molecule has 0 saturated heterocycles. The molecule has 2 aromatic rings. The molecule has 0 aromatic carbocycles. The van der Waals surface area contributed by atoms with Crippen molar-refractivity contribution in [1.82, 2.24) is 0 Å². The molecule has 1 atom stereocenters. The number of nitrogens with zero attached hydrogens (tertiary/aromatic N) is 4. The molecule has 0 spiro atoms. The summed E-state index contributed by atoms with van der Waals surface area (Å²) in [6.45, 7) is 0. The molecule has 22 heavy (non-hydrogen) atoms. The summed E-state index contributed by atoms with van der Waals surface area (Å²) in [6.07, 6.45) is 6.67. The first-order valence-corrected chi connectivity index (χ1v) is 7.51. The van der Waals surface area contributed by atoms with Crippen LogP contribution in [0.15, 0.2) is 72.6 Å². The molecule has 0 fully saturated rings. The molecule has 0 amide bonds. The molecule has 0 bridgehead atoms. The highest BCUT2D eigenvalue weighted by atomic mass is 32.2. The number of amidine groups is 2. The number of rotatable bonds is 4. The van der Waals surface area contributed by atoms with Gasteiger partial charge in [0.15, 0.2) is 11.6 Å². The number of fused-ring (bicyclic) bond motifs is 1. The van der Waals surface area contributed by atoms with Crippen LogP contribution in [-0.2, 0) is 5.75 Å². The van der Waals surface area contributed by atoms with Crippen LogP contribution in [0.4, 0.5) is 0 Å². The Morgan fingerprint density at radius 2 is 2.05 bits per heavy atom. The first kappa shape index (κ1) is 13.1. The normalized spacial score (nSPS) is 23.0. The van der Waals surface area contributed by atoms with E-state index in [9.17, 15) is 0 Å². The first-order valence-electron chi connectivity index (χ1n) is 6.57. The Balaban J connectivity index is 1.63. The molecular formula is C14H12N5O2S+. The zero-order valence-electron chi connectivity index (χ0n) is 11.4. The third-order valence-electron chi connectivity index (χ3n) is 3.15. The van der Waals surface area contributed by atoms with E-state index >= 15 is 0 Å². The zero-order valence-corrected chi connectivity index (χ0v) is 12.2. The molecule has 0 aliphatic carbocycles. The van der Waals surface area contributed by atoms with Crippen molar-refractivity contribution in [1.29, 1.82) is 0 Å². The van der Waals surface area contributed by atoms with Gasteiger partial charge >= 0.3 is 0 Å². The predicted octanol–water partition coefficient (Wildman–Crippen LogP) is 2.45. The molecule has 2 aliphatic rings. The number of hydrogen-bond acceptors (Lipinski definition) is 7.